The number of carboxylic acids is 1. The number of carbonyl (C=O) groups excluding carboxylic acids is 1. The van der Waals surface area contributed by atoms with E-state index in [1.54, 1.807) is 18.6 Å². The number of rotatable bonds is 9. The SMILES string of the molecule is CCCCNC(=O)c1cc(-c2csc(C(=O)O)n2)n(Cc2ccc(OC)cc2)c1C. The third kappa shape index (κ3) is 4.71. The summed E-state index contributed by atoms with van der Waals surface area (Å²) in [5.74, 6) is -0.428. The minimum Gasteiger partial charge on any atom is -0.497 e. The average molecular weight is 428 g/mol. The first-order valence-electron chi connectivity index (χ1n) is 9.75. The first-order valence-corrected chi connectivity index (χ1v) is 10.6. The molecule has 3 rings (SSSR count). The van der Waals surface area contributed by atoms with Crippen molar-refractivity contribution in [1.82, 2.24) is 14.9 Å². The fourth-order valence-electron chi connectivity index (χ4n) is 3.17. The number of unbranched alkanes of at least 4 members (excludes halogenated alkanes) is 1. The normalized spacial score (nSPS) is 10.8. The first-order chi connectivity index (χ1) is 14.4. The molecule has 1 aromatic carbocycles. The number of hydrogen-bond donors (Lipinski definition) is 2. The molecule has 2 heterocycles. The summed E-state index contributed by atoms with van der Waals surface area (Å²) >= 11 is 1.07. The van der Waals surface area contributed by atoms with E-state index in [1.165, 1.54) is 0 Å². The highest BCUT2D eigenvalue weighted by atomic mass is 32.1. The Morgan fingerprint density at radius 1 is 1.27 bits per heavy atom. The van der Waals surface area contributed by atoms with E-state index in [4.69, 9.17) is 4.74 Å². The molecule has 158 valence electrons. The average Bonchev–Trinajstić information content (AvgIpc) is 3.35. The maximum absolute atomic E-state index is 12.7. The van der Waals surface area contributed by atoms with Crippen molar-refractivity contribution in [2.75, 3.05) is 13.7 Å². The lowest BCUT2D eigenvalue weighted by Gasteiger charge is -2.12. The molecule has 3 aromatic rings. The summed E-state index contributed by atoms with van der Waals surface area (Å²) in [7, 11) is 1.62. The predicted molar refractivity (Wildman–Crippen MR) is 117 cm³/mol. The number of thiazole rings is 1. The van der Waals surface area contributed by atoms with Crippen molar-refractivity contribution in [3.8, 4) is 17.1 Å². The van der Waals surface area contributed by atoms with Crippen LogP contribution in [-0.2, 0) is 6.54 Å². The van der Waals surface area contributed by atoms with Crippen LogP contribution in [0.5, 0.6) is 5.75 Å². The molecule has 0 saturated heterocycles. The summed E-state index contributed by atoms with van der Waals surface area (Å²) < 4.78 is 7.22. The van der Waals surface area contributed by atoms with Crippen molar-refractivity contribution in [2.45, 2.75) is 33.2 Å². The van der Waals surface area contributed by atoms with Gasteiger partial charge in [-0.1, -0.05) is 25.5 Å². The van der Waals surface area contributed by atoms with Crippen molar-refractivity contribution < 1.29 is 19.4 Å². The van der Waals surface area contributed by atoms with Crippen molar-refractivity contribution >= 4 is 23.2 Å². The molecular formula is C22H25N3O4S. The van der Waals surface area contributed by atoms with E-state index >= 15 is 0 Å². The van der Waals surface area contributed by atoms with Crippen LogP contribution in [0.1, 0.15) is 51.2 Å². The molecule has 0 bridgehead atoms. The quantitative estimate of drug-likeness (QED) is 0.499. The van der Waals surface area contributed by atoms with Gasteiger partial charge in [0.05, 0.1) is 24.1 Å². The summed E-state index contributed by atoms with van der Waals surface area (Å²) in [5.41, 5.74) is 3.66. The van der Waals surface area contributed by atoms with Crippen LogP contribution in [0.15, 0.2) is 35.7 Å². The van der Waals surface area contributed by atoms with Gasteiger partial charge in [-0.2, -0.15) is 0 Å². The maximum atomic E-state index is 12.7. The Hall–Kier alpha value is -3.13. The van der Waals surface area contributed by atoms with E-state index in [9.17, 15) is 14.7 Å². The zero-order valence-corrected chi connectivity index (χ0v) is 18.1. The first kappa shape index (κ1) is 21.6. The number of nitrogens with one attached hydrogen (secondary N) is 1. The second-order valence-corrected chi connectivity index (χ2v) is 7.77. The molecule has 0 aliphatic rings. The molecular weight excluding hydrogens is 402 g/mol. The molecule has 0 fully saturated rings. The zero-order valence-electron chi connectivity index (χ0n) is 17.3. The number of benzene rings is 1. The third-order valence-electron chi connectivity index (χ3n) is 4.88. The van der Waals surface area contributed by atoms with Crippen LogP contribution in [-0.4, -0.2) is 40.2 Å². The number of carbonyl (C=O) groups is 2. The Labute approximate surface area is 179 Å². The molecule has 1 amide bonds. The Bertz CT molecular complexity index is 1040. The van der Waals surface area contributed by atoms with Gasteiger partial charge in [0.25, 0.3) is 5.91 Å². The molecule has 0 spiro atoms. The van der Waals surface area contributed by atoms with Gasteiger partial charge in [0.1, 0.15) is 5.75 Å². The Morgan fingerprint density at radius 2 is 2.00 bits per heavy atom. The highest BCUT2D eigenvalue weighted by Crippen LogP contribution is 2.28. The predicted octanol–water partition coefficient (Wildman–Crippen LogP) is 4.21. The minimum absolute atomic E-state index is 0.0220. The lowest BCUT2D eigenvalue weighted by atomic mass is 10.2. The summed E-state index contributed by atoms with van der Waals surface area (Å²) in [4.78, 5) is 28.3. The lowest BCUT2D eigenvalue weighted by Crippen LogP contribution is -2.24. The number of amides is 1. The van der Waals surface area contributed by atoms with E-state index in [-0.39, 0.29) is 10.9 Å². The lowest BCUT2D eigenvalue weighted by molar-refractivity contribution is 0.0696. The molecule has 0 unspecified atom stereocenters. The van der Waals surface area contributed by atoms with Crippen LogP contribution in [0, 0.1) is 6.92 Å². The van der Waals surface area contributed by atoms with E-state index in [0.717, 1.165) is 41.2 Å². The van der Waals surface area contributed by atoms with Crippen molar-refractivity contribution in [2.24, 2.45) is 0 Å². The van der Waals surface area contributed by atoms with Gasteiger partial charge in [-0.15, -0.1) is 11.3 Å². The van der Waals surface area contributed by atoms with Crippen LogP contribution in [0.4, 0.5) is 0 Å². The maximum Gasteiger partial charge on any atom is 0.365 e. The Kier molecular flexibility index (Phi) is 6.89. The van der Waals surface area contributed by atoms with Crippen LogP contribution >= 0.6 is 11.3 Å². The number of methoxy groups -OCH3 is 1. The van der Waals surface area contributed by atoms with E-state index < -0.39 is 5.97 Å². The monoisotopic (exact) mass is 427 g/mol. The summed E-state index contributed by atoms with van der Waals surface area (Å²) in [6.45, 7) is 5.11. The number of hydrogen-bond acceptors (Lipinski definition) is 5. The van der Waals surface area contributed by atoms with Crippen molar-refractivity contribution in [1.29, 1.82) is 0 Å². The molecule has 2 N–H and O–H groups in total. The molecule has 8 heteroatoms. The minimum atomic E-state index is -1.06. The molecule has 0 atom stereocenters. The second-order valence-electron chi connectivity index (χ2n) is 6.92. The van der Waals surface area contributed by atoms with E-state index in [2.05, 4.69) is 17.2 Å². The second kappa shape index (κ2) is 9.58. The molecule has 0 aliphatic heterocycles. The molecule has 2 aromatic heterocycles. The van der Waals surface area contributed by atoms with E-state index in [0.29, 0.717) is 30.0 Å². The van der Waals surface area contributed by atoms with Gasteiger partial charge in [-0.05, 0) is 37.1 Å². The zero-order chi connectivity index (χ0) is 21.7. The number of aromatic nitrogens is 2. The van der Waals surface area contributed by atoms with Crippen LogP contribution < -0.4 is 10.1 Å². The Morgan fingerprint density at radius 3 is 2.60 bits per heavy atom. The summed E-state index contributed by atoms with van der Waals surface area (Å²) in [6, 6.07) is 9.50. The fourth-order valence-corrected chi connectivity index (χ4v) is 3.82. The van der Waals surface area contributed by atoms with Gasteiger partial charge >= 0.3 is 5.97 Å². The Balaban J connectivity index is 2.00. The summed E-state index contributed by atoms with van der Waals surface area (Å²) in [5, 5.41) is 13.9. The van der Waals surface area contributed by atoms with Crippen LogP contribution in [0.3, 0.4) is 0 Å². The topological polar surface area (TPSA) is 93.5 Å². The van der Waals surface area contributed by atoms with Crippen molar-refractivity contribution in [3.05, 3.63) is 57.5 Å². The largest absolute Gasteiger partial charge is 0.497 e. The van der Waals surface area contributed by atoms with Gasteiger partial charge in [-0.25, -0.2) is 9.78 Å². The van der Waals surface area contributed by atoms with Crippen molar-refractivity contribution in [3.63, 3.8) is 0 Å². The summed E-state index contributed by atoms with van der Waals surface area (Å²) in [6.07, 6.45) is 1.91. The smallest absolute Gasteiger partial charge is 0.365 e. The van der Waals surface area contributed by atoms with Gasteiger partial charge in [-0.3, -0.25) is 4.79 Å². The third-order valence-corrected chi connectivity index (χ3v) is 5.71. The highest BCUT2D eigenvalue weighted by molar-refractivity contribution is 7.11. The molecule has 30 heavy (non-hydrogen) atoms. The molecule has 0 aliphatic carbocycles. The van der Waals surface area contributed by atoms with Gasteiger partial charge in [0.15, 0.2) is 0 Å². The number of ether oxygens (including phenoxy) is 1. The highest BCUT2D eigenvalue weighted by Gasteiger charge is 2.21. The molecule has 0 saturated carbocycles. The van der Waals surface area contributed by atoms with Crippen LogP contribution in [0.25, 0.3) is 11.4 Å². The number of nitrogens with zero attached hydrogens (tertiary/aromatic N) is 2. The van der Waals surface area contributed by atoms with Gasteiger partial charge in [0.2, 0.25) is 5.01 Å². The standard InChI is InChI=1S/C22H25N3O4S/c1-4-5-10-23-20(26)17-11-19(18-13-30-21(24-18)22(27)28)25(14(17)2)12-15-6-8-16(29-3)9-7-15/h6-9,11,13H,4-5,10,12H2,1-3H3,(H,23,26)(H,27,28). The van der Waals surface area contributed by atoms with Gasteiger partial charge in [0, 0.05) is 24.2 Å². The molecule has 0 radical (unpaired) electrons. The number of aromatic carboxylic acids is 1. The molecule has 7 nitrogen and oxygen atoms in total. The van der Waals surface area contributed by atoms with Crippen LogP contribution in [0.2, 0.25) is 0 Å². The van der Waals surface area contributed by atoms with Gasteiger partial charge < -0.3 is 19.7 Å². The van der Waals surface area contributed by atoms with E-state index in [1.807, 2.05) is 35.8 Å². The number of carboxylic acid groups (broad SMARTS) is 1. The fraction of sp³-hybridized carbons (Fsp3) is 0.318.